The second-order valence-electron chi connectivity index (χ2n) is 9.85. The molecule has 0 saturated heterocycles. The molecule has 2 aliphatic rings. The average Bonchev–Trinajstić information content (AvgIpc) is 3.73. The number of thiophene rings is 1. The van der Waals surface area contributed by atoms with Crippen LogP contribution >= 0.6 is 34.7 Å². The van der Waals surface area contributed by atoms with Crippen molar-refractivity contribution in [2.24, 2.45) is 0 Å². The topological polar surface area (TPSA) is 30.7 Å². The lowest BCUT2D eigenvalue weighted by Crippen LogP contribution is -2.16. The van der Waals surface area contributed by atoms with Gasteiger partial charge in [-0.2, -0.15) is 4.98 Å². The second kappa shape index (κ2) is 10.9. The smallest absolute Gasteiger partial charge is 0.225 e. The predicted octanol–water partition coefficient (Wildman–Crippen LogP) is 11.5. The molecule has 0 radical (unpaired) electrons. The zero-order valence-electron chi connectivity index (χ0n) is 23.9. The summed E-state index contributed by atoms with van der Waals surface area (Å²) in [6.45, 7) is 8.00. The highest BCUT2D eigenvalue weighted by Crippen LogP contribution is 2.64. The van der Waals surface area contributed by atoms with E-state index in [1.165, 1.54) is 42.9 Å². The third kappa shape index (κ3) is 3.87. The molecule has 0 amide bonds. The van der Waals surface area contributed by atoms with E-state index < -0.39 is 0 Å². The van der Waals surface area contributed by atoms with Gasteiger partial charge in [-0.15, -0.1) is 23.1 Å². The van der Waals surface area contributed by atoms with Crippen molar-refractivity contribution in [3.8, 4) is 16.9 Å². The normalized spacial score (nSPS) is 16.1. The fraction of sp³-hybridized carbons (Fsp3) is 0.167. The van der Waals surface area contributed by atoms with Crippen LogP contribution in [-0.4, -0.2) is 14.5 Å². The summed E-state index contributed by atoms with van der Waals surface area (Å²) in [6, 6.07) is 35.0. The summed E-state index contributed by atoms with van der Waals surface area (Å²) in [7, 11) is 0. The minimum atomic E-state index is 0.225. The maximum absolute atomic E-state index is 6.66. The van der Waals surface area contributed by atoms with E-state index >= 15 is 0 Å². The molecule has 1 aliphatic carbocycles. The molecule has 7 aromatic rings. The molecule has 0 bridgehead atoms. The Kier molecular flexibility index (Phi) is 7.05. The van der Waals surface area contributed by atoms with Crippen molar-refractivity contribution in [3.05, 3.63) is 119 Å². The van der Waals surface area contributed by atoms with Crippen LogP contribution in [0.1, 0.15) is 55.7 Å². The van der Waals surface area contributed by atoms with Gasteiger partial charge < -0.3 is 0 Å². The Morgan fingerprint density at radius 2 is 1.38 bits per heavy atom. The van der Waals surface area contributed by atoms with Crippen LogP contribution in [-0.2, 0) is 0 Å². The molecular weight excluding hydrogens is 574 g/mol. The van der Waals surface area contributed by atoms with Crippen LogP contribution in [0.15, 0.2) is 102 Å². The summed E-state index contributed by atoms with van der Waals surface area (Å²) in [5, 5.41) is 2.86. The molecule has 6 heteroatoms. The van der Waals surface area contributed by atoms with E-state index in [9.17, 15) is 0 Å². The summed E-state index contributed by atoms with van der Waals surface area (Å²) in [5.41, 5.74) is 8.79. The van der Waals surface area contributed by atoms with Crippen molar-refractivity contribution in [1.82, 2.24) is 14.5 Å². The van der Waals surface area contributed by atoms with Crippen LogP contribution in [0.4, 0.5) is 0 Å². The largest absolute Gasteiger partial charge is 0.295 e. The molecule has 208 valence electrons. The minimum absolute atomic E-state index is 0.225. The molecule has 4 aromatic carbocycles. The summed E-state index contributed by atoms with van der Waals surface area (Å²) in [6.07, 6.45) is 0. The van der Waals surface area contributed by atoms with Crippen LogP contribution in [0.2, 0.25) is 5.28 Å². The highest BCUT2D eigenvalue weighted by Gasteiger charge is 2.44. The Hall–Kier alpha value is -3.64. The van der Waals surface area contributed by atoms with Crippen LogP contribution in [0.25, 0.3) is 48.2 Å². The second-order valence-corrected chi connectivity index (χ2v) is 12.4. The Balaban J connectivity index is 0.000000693. The fourth-order valence-electron chi connectivity index (χ4n) is 6.49. The molecule has 2 atom stereocenters. The number of benzene rings is 4. The first-order valence-corrected chi connectivity index (χ1v) is 16.7. The highest BCUT2D eigenvalue weighted by atomic mass is 35.5. The summed E-state index contributed by atoms with van der Waals surface area (Å²) in [4.78, 5) is 11.0. The predicted molar refractivity (Wildman–Crippen MR) is 182 cm³/mol. The summed E-state index contributed by atoms with van der Waals surface area (Å²) < 4.78 is 4.65. The Morgan fingerprint density at radius 3 is 2.21 bits per heavy atom. The maximum Gasteiger partial charge on any atom is 0.225 e. The Bertz CT molecular complexity index is 2110. The molecule has 4 heterocycles. The SMILES string of the molecule is CC.CC.Clc1nc(-n2c3c(c4ccccc42)-c2ccccc2C2c4ccccc4SC32)c2sc3ccccc3c2n1. The molecule has 3 aromatic heterocycles. The zero-order valence-corrected chi connectivity index (χ0v) is 26.3. The van der Waals surface area contributed by atoms with Gasteiger partial charge in [0.05, 0.1) is 21.0 Å². The van der Waals surface area contributed by atoms with Crippen LogP contribution < -0.4 is 0 Å². The monoisotopic (exact) mass is 603 g/mol. The van der Waals surface area contributed by atoms with E-state index in [0.717, 1.165) is 26.9 Å². The van der Waals surface area contributed by atoms with Crippen molar-refractivity contribution in [1.29, 1.82) is 0 Å². The Morgan fingerprint density at radius 1 is 0.714 bits per heavy atom. The molecule has 9 rings (SSSR count). The number of halogens is 1. The molecule has 0 spiro atoms. The van der Waals surface area contributed by atoms with Crippen LogP contribution in [0, 0.1) is 0 Å². The van der Waals surface area contributed by atoms with Gasteiger partial charge in [0, 0.05) is 37.5 Å². The van der Waals surface area contributed by atoms with Gasteiger partial charge in [0.1, 0.15) is 0 Å². The number of thioether (sulfide) groups is 1. The fourth-order valence-corrected chi connectivity index (χ4v) is 9.31. The summed E-state index contributed by atoms with van der Waals surface area (Å²) >= 11 is 10.4. The molecule has 0 fully saturated rings. The van der Waals surface area contributed by atoms with Crippen molar-refractivity contribution < 1.29 is 0 Å². The first-order chi connectivity index (χ1) is 20.8. The molecule has 1 aliphatic heterocycles. The molecular formula is C36H30ClN3S2. The standard InChI is InChI=1S/C32H18ClN3S2.2C2H6/c33-32-34-27-21-13-5-8-16-24(21)38-30(27)31(35-32)36-22-14-6-3-11-19(22)25-17-9-1-2-10-18(17)26-20-12-4-7-15-23(20)37-29(26)28(25)36;2*1-2/h1-16,26,29H;2*1-2H3. The third-order valence-electron chi connectivity index (χ3n) is 7.94. The number of fused-ring (bicyclic) bond motifs is 13. The first-order valence-electron chi connectivity index (χ1n) is 14.6. The maximum atomic E-state index is 6.66. The lowest BCUT2D eigenvalue weighted by atomic mass is 9.77. The number of hydrogen-bond acceptors (Lipinski definition) is 4. The van der Waals surface area contributed by atoms with E-state index in [-0.39, 0.29) is 16.5 Å². The van der Waals surface area contributed by atoms with Gasteiger partial charge in [-0.25, -0.2) is 4.98 Å². The van der Waals surface area contributed by atoms with Gasteiger partial charge in [0.25, 0.3) is 0 Å². The number of para-hydroxylation sites is 1. The van der Waals surface area contributed by atoms with Crippen molar-refractivity contribution >= 4 is 65.9 Å². The number of aromatic nitrogens is 3. The molecule has 0 N–H and O–H groups in total. The van der Waals surface area contributed by atoms with E-state index in [1.807, 2.05) is 39.5 Å². The van der Waals surface area contributed by atoms with Crippen molar-refractivity contribution in [2.45, 2.75) is 43.8 Å². The van der Waals surface area contributed by atoms with Gasteiger partial charge >= 0.3 is 0 Å². The molecule has 0 saturated carbocycles. The zero-order chi connectivity index (χ0) is 29.0. The molecule has 3 nitrogen and oxygen atoms in total. The first kappa shape index (κ1) is 27.2. The van der Waals surface area contributed by atoms with E-state index in [0.29, 0.717) is 0 Å². The van der Waals surface area contributed by atoms with E-state index in [2.05, 4.69) is 102 Å². The van der Waals surface area contributed by atoms with Crippen LogP contribution in [0.5, 0.6) is 0 Å². The quantitative estimate of drug-likeness (QED) is 0.175. The van der Waals surface area contributed by atoms with Crippen molar-refractivity contribution in [2.75, 3.05) is 0 Å². The lowest BCUT2D eigenvalue weighted by molar-refractivity contribution is 0.747. The molecule has 2 unspecified atom stereocenters. The van der Waals surface area contributed by atoms with Gasteiger partial charge in [-0.3, -0.25) is 4.57 Å². The van der Waals surface area contributed by atoms with Crippen molar-refractivity contribution in [3.63, 3.8) is 0 Å². The van der Waals surface area contributed by atoms with Gasteiger partial charge in [0.2, 0.25) is 5.28 Å². The van der Waals surface area contributed by atoms with Crippen LogP contribution in [0.3, 0.4) is 0 Å². The van der Waals surface area contributed by atoms with E-state index in [4.69, 9.17) is 21.6 Å². The van der Waals surface area contributed by atoms with Gasteiger partial charge in [0.15, 0.2) is 5.82 Å². The third-order valence-corrected chi connectivity index (χ3v) is 10.6. The number of rotatable bonds is 1. The summed E-state index contributed by atoms with van der Waals surface area (Å²) in [5.74, 6) is 1.14. The molecule has 42 heavy (non-hydrogen) atoms. The minimum Gasteiger partial charge on any atom is -0.295 e. The van der Waals surface area contributed by atoms with E-state index in [1.54, 1.807) is 11.3 Å². The Labute approximate surface area is 259 Å². The van der Waals surface area contributed by atoms with Gasteiger partial charge in [-0.1, -0.05) is 107 Å². The average molecular weight is 604 g/mol. The lowest BCUT2D eigenvalue weighted by Gasteiger charge is -2.30. The van der Waals surface area contributed by atoms with Gasteiger partial charge in [-0.05, 0) is 46.5 Å². The number of nitrogens with zero attached hydrogens (tertiary/aromatic N) is 3. The number of hydrogen-bond donors (Lipinski definition) is 0. The highest BCUT2D eigenvalue weighted by molar-refractivity contribution is 8.00.